The van der Waals surface area contributed by atoms with E-state index in [1.807, 2.05) is 7.05 Å². The van der Waals surface area contributed by atoms with Gasteiger partial charge >= 0.3 is 0 Å². The summed E-state index contributed by atoms with van der Waals surface area (Å²) in [6.07, 6.45) is 2.46. The summed E-state index contributed by atoms with van der Waals surface area (Å²) in [5.41, 5.74) is 1.34. The Kier molecular flexibility index (Phi) is 4.09. The summed E-state index contributed by atoms with van der Waals surface area (Å²) in [5.74, 6) is 0.843. The van der Waals surface area contributed by atoms with Crippen LogP contribution in [0.4, 0.5) is 0 Å². The maximum absolute atomic E-state index is 12.6. The fraction of sp³-hybridized carbons (Fsp3) is 0.353. The van der Waals surface area contributed by atoms with Crippen molar-refractivity contribution in [2.45, 2.75) is 25.8 Å². The molecule has 0 radical (unpaired) electrons. The Morgan fingerprint density at radius 1 is 1.38 bits per heavy atom. The molecule has 26 heavy (non-hydrogen) atoms. The summed E-state index contributed by atoms with van der Waals surface area (Å²) in [5, 5.41) is 24.0. The van der Waals surface area contributed by atoms with E-state index in [-0.39, 0.29) is 18.3 Å². The van der Waals surface area contributed by atoms with Crippen molar-refractivity contribution < 1.29 is 19.4 Å². The SMILES string of the molecule is Cn1ccnc1[C@H](O)c1cc2n(n1)CCN(C(=O)c1ccc(CO)o1)C2. The quantitative estimate of drug-likeness (QED) is 0.701. The number of hydrogen-bond donors (Lipinski definition) is 2. The Balaban J connectivity index is 1.53. The molecule has 2 N–H and O–H groups in total. The lowest BCUT2D eigenvalue weighted by Gasteiger charge is -2.26. The Hall–Kier alpha value is -2.91. The molecule has 0 spiro atoms. The van der Waals surface area contributed by atoms with Gasteiger partial charge in [-0.1, -0.05) is 0 Å². The number of imidazole rings is 1. The second-order valence-electron chi connectivity index (χ2n) is 6.23. The van der Waals surface area contributed by atoms with Crippen LogP contribution in [-0.2, 0) is 26.7 Å². The molecule has 4 heterocycles. The fourth-order valence-corrected chi connectivity index (χ4v) is 3.10. The number of aliphatic hydroxyl groups is 2. The topological polar surface area (TPSA) is 110 Å². The number of aliphatic hydroxyl groups excluding tert-OH is 2. The minimum Gasteiger partial charge on any atom is -0.453 e. The molecule has 1 aliphatic rings. The molecule has 0 fully saturated rings. The first-order chi connectivity index (χ1) is 12.6. The number of aryl methyl sites for hydroxylation is 1. The van der Waals surface area contributed by atoms with Gasteiger partial charge in [0.1, 0.15) is 18.2 Å². The molecule has 0 bridgehead atoms. The number of aromatic nitrogens is 4. The molecule has 0 saturated heterocycles. The van der Waals surface area contributed by atoms with Crippen LogP contribution in [0.25, 0.3) is 0 Å². The molecular formula is C17H19N5O4. The van der Waals surface area contributed by atoms with Gasteiger partial charge in [-0.15, -0.1) is 0 Å². The molecule has 0 aromatic carbocycles. The summed E-state index contributed by atoms with van der Waals surface area (Å²) < 4.78 is 8.87. The van der Waals surface area contributed by atoms with Crippen LogP contribution in [0.5, 0.6) is 0 Å². The normalized spacial score (nSPS) is 15.1. The maximum Gasteiger partial charge on any atom is 0.289 e. The van der Waals surface area contributed by atoms with Crippen molar-refractivity contribution in [1.82, 2.24) is 24.2 Å². The van der Waals surface area contributed by atoms with Crippen molar-refractivity contribution >= 4 is 5.91 Å². The fourth-order valence-electron chi connectivity index (χ4n) is 3.10. The molecule has 136 valence electrons. The summed E-state index contributed by atoms with van der Waals surface area (Å²) >= 11 is 0. The second-order valence-corrected chi connectivity index (χ2v) is 6.23. The molecule has 0 unspecified atom stereocenters. The van der Waals surface area contributed by atoms with Gasteiger partial charge in [0.25, 0.3) is 5.91 Å². The van der Waals surface area contributed by atoms with E-state index in [2.05, 4.69) is 10.1 Å². The smallest absolute Gasteiger partial charge is 0.289 e. The molecular weight excluding hydrogens is 338 g/mol. The van der Waals surface area contributed by atoms with Crippen molar-refractivity contribution in [2.24, 2.45) is 7.05 Å². The Morgan fingerprint density at radius 2 is 2.23 bits per heavy atom. The van der Waals surface area contributed by atoms with Gasteiger partial charge in [0.05, 0.1) is 24.5 Å². The monoisotopic (exact) mass is 357 g/mol. The average molecular weight is 357 g/mol. The highest BCUT2D eigenvalue weighted by atomic mass is 16.4. The number of fused-ring (bicyclic) bond motifs is 1. The lowest BCUT2D eigenvalue weighted by atomic mass is 10.2. The third-order valence-electron chi connectivity index (χ3n) is 4.52. The van der Waals surface area contributed by atoms with Crippen LogP contribution in [-0.4, -0.2) is 46.9 Å². The van der Waals surface area contributed by atoms with E-state index in [9.17, 15) is 9.90 Å². The van der Waals surface area contributed by atoms with Gasteiger partial charge < -0.3 is 24.1 Å². The van der Waals surface area contributed by atoms with E-state index in [4.69, 9.17) is 9.52 Å². The van der Waals surface area contributed by atoms with Crippen LogP contribution in [0, 0.1) is 0 Å². The predicted octanol–water partition coefficient (Wildman–Crippen LogP) is 0.440. The molecule has 4 rings (SSSR count). The van der Waals surface area contributed by atoms with Crippen molar-refractivity contribution in [2.75, 3.05) is 6.54 Å². The third-order valence-corrected chi connectivity index (χ3v) is 4.52. The first-order valence-electron chi connectivity index (χ1n) is 8.27. The molecule has 1 atom stereocenters. The number of rotatable bonds is 4. The Bertz CT molecular complexity index is 941. The van der Waals surface area contributed by atoms with E-state index in [1.165, 1.54) is 0 Å². The number of amides is 1. The molecule has 9 nitrogen and oxygen atoms in total. The van der Waals surface area contributed by atoms with Gasteiger partial charge in [0, 0.05) is 26.0 Å². The molecule has 3 aromatic heterocycles. The minimum absolute atomic E-state index is 0.204. The second kappa shape index (κ2) is 6.43. The summed E-state index contributed by atoms with van der Waals surface area (Å²) in [6.45, 7) is 1.14. The van der Waals surface area contributed by atoms with Crippen molar-refractivity contribution in [3.63, 3.8) is 0 Å². The molecule has 0 saturated carbocycles. The highest BCUT2D eigenvalue weighted by Crippen LogP contribution is 2.23. The van der Waals surface area contributed by atoms with Gasteiger partial charge in [0.2, 0.25) is 0 Å². The van der Waals surface area contributed by atoms with Crippen molar-refractivity contribution in [3.05, 3.63) is 59.3 Å². The van der Waals surface area contributed by atoms with Crippen LogP contribution in [0.15, 0.2) is 35.0 Å². The lowest BCUT2D eigenvalue weighted by Crippen LogP contribution is -2.38. The van der Waals surface area contributed by atoms with Crippen LogP contribution in [0.1, 0.15) is 39.6 Å². The highest BCUT2D eigenvalue weighted by molar-refractivity contribution is 5.91. The number of furan rings is 1. The summed E-state index contributed by atoms with van der Waals surface area (Å²) in [4.78, 5) is 18.4. The highest BCUT2D eigenvalue weighted by Gasteiger charge is 2.27. The van der Waals surface area contributed by atoms with Crippen LogP contribution in [0.2, 0.25) is 0 Å². The number of nitrogens with zero attached hydrogens (tertiary/aromatic N) is 5. The van der Waals surface area contributed by atoms with Crippen LogP contribution < -0.4 is 0 Å². The third kappa shape index (κ3) is 2.80. The van der Waals surface area contributed by atoms with E-state index in [0.29, 0.717) is 36.9 Å². The van der Waals surface area contributed by atoms with E-state index < -0.39 is 6.10 Å². The number of carbonyl (C=O) groups is 1. The zero-order valence-electron chi connectivity index (χ0n) is 14.2. The Labute approximate surface area is 149 Å². The number of carbonyl (C=O) groups excluding carboxylic acids is 1. The van der Waals surface area contributed by atoms with Gasteiger partial charge in [0.15, 0.2) is 11.9 Å². The van der Waals surface area contributed by atoms with Gasteiger partial charge in [-0.3, -0.25) is 9.48 Å². The van der Waals surface area contributed by atoms with Gasteiger partial charge in [-0.05, 0) is 18.2 Å². The van der Waals surface area contributed by atoms with Crippen LogP contribution in [0.3, 0.4) is 0 Å². The van der Waals surface area contributed by atoms with Crippen LogP contribution >= 0.6 is 0 Å². The predicted molar refractivity (Wildman–Crippen MR) is 88.9 cm³/mol. The summed E-state index contributed by atoms with van der Waals surface area (Å²) in [6, 6.07) is 4.94. The van der Waals surface area contributed by atoms with Crippen molar-refractivity contribution in [3.8, 4) is 0 Å². The van der Waals surface area contributed by atoms with E-state index in [1.54, 1.807) is 44.7 Å². The zero-order chi connectivity index (χ0) is 18.3. The average Bonchev–Trinajstić information content (AvgIpc) is 3.38. The zero-order valence-corrected chi connectivity index (χ0v) is 14.2. The molecule has 9 heteroatoms. The first kappa shape index (κ1) is 16.6. The van der Waals surface area contributed by atoms with Gasteiger partial charge in [-0.25, -0.2) is 4.98 Å². The van der Waals surface area contributed by atoms with E-state index in [0.717, 1.165) is 5.69 Å². The Morgan fingerprint density at radius 3 is 2.92 bits per heavy atom. The molecule has 3 aromatic rings. The molecule has 1 amide bonds. The molecule has 0 aliphatic carbocycles. The van der Waals surface area contributed by atoms with E-state index >= 15 is 0 Å². The summed E-state index contributed by atoms with van der Waals surface area (Å²) in [7, 11) is 1.81. The maximum atomic E-state index is 12.6. The molecule has 1 aliphatic heterocycles. The number of hydrogen-bond acceptors (Lipinski definition) is 6. The standard InChI is InChI=1S/C17H19N5O4/c1-20-5-4-18-16(20)15(24)13-8-11-9-21(6-7-22(11)19-13)17(25)14-3-2-12(10-23)26-14/h2-5,8,15,23-24H,6-7,9-10H2,1H3/t15-/m1/s1. The first-order valence-corrected chi connectivity index (χ1v) is 8.27. The van der Waals surface area contributed by atoms with Crippen molar-refractivity contribution in [1.29, 1.82) is 0 Å². The minimum atomic E-state index is -0.922. The largest absolute Gasteiger partial charge is 0.453 e. The van der Waals surface area contributed by atoms with Gasteiger partial charge in [-0.2, -0.15) is 5.10 Å². The lowest BCUT2D eigenvalue weighted by molar-refractivity contribution is 0.0669.